The highest BCUT2D eigenvalue weighted by molar-refractivity contribution is 7.80. The van der Waals surface area contributed by atoms with Gasteiger partial charge in [0.2, 0.25) is 5.91 Å². The number of aliphatic hydroxyl groups excluding tert-OH is 2. The van der Waals surface area contributed by atoms with Gasteiger partial charge < -0.3 is 29.7 Å². The highest BCUT2D eigenvalue weighted by Crippen LogP contribution is 2.28. The molecule has 5 rings (SSSR count). The van der Waals surface area contributed by atoms with Crippen LogP contribution in [0.3, 0.4) is 0 Å². The monoisotopic (exact) mass is 1020 g/mol. The maximum Gasteiger partial charge on any atom is 0.397 e. The van der Waals surface area contributed by atoms with Crippen molar-refractivity contribution in [3.8, 4) is 0 Å². The zero-order valence-electron chi connectivity index (χ0n) is 42.8. The molecule has 0 bridgehead atoms. The Kier molecular flexibility index (Phi) is 26.5. The summed E-state index contributed by atoms with van der Waals surface area (Å²) in [5.74, 6) is -1.82. The summed E-state index contributed by atoms with van der Waals surface area (Å²) in [5, 5.41) is 28.9. The van der Waals surface area contributed by atoms with Crippen molar-refractivity contribution in [2.75, 3.05) is 6.61 Å². The number of carbonyl (C=O) groups is 3. The number of hydrogen-bond donors (Lipinski definition) is 4. The number of unbranched alkanes of at least 4 members (excludes halogenated alkanes) is 18. The maximum atomic E-state index is 13.8. The fraction of sp³-hybridized carbons (Fsp3) is 0.603. The molecule has 1 unspecified atom stereocenters. The lowest BCUT2D eigenvalue weighted by molar-refractivity contribution is -0.254. The quantitative estimate of drug-likeness (QED) is 0.0192. The summed E-state index contributed by atoms with van der Waals surface area (Å²) in [6.45, 7) is 1.33. The molecule has 0 radical (unpaired) electrons. The fourth-order valence-corrected chi connectivity index (χ4v) is 10.5. The summed E-state index contributed by atoms with van der Waals surface area (Å²) in [5.41, 5.74) is 2.69. The predicted octanol–water partition coefficient (Wildman–Crippen LogP) is 11.8. The van der Waals surface area contributed by atoms with E-state index >= 15 is 0 Å². The Morgan fingerprint density at radius 1 is 0.611 bits per heavy atom. The Morgan fingerprint density at radius 2 is 1.08 bits per heavy atom. The summed E-state index contributed by atoms with van der Waals surface area (Å²) in [4.78, 5) is 40.4. The minimum absolute atomic E-state index is 0.0465. The molecule has 0 spiro atoms. The lowest BCUT2D eigenvalue weighted by atomic mass is 9.96. The van der Waals surface area contributed by atoms with E-state index in [1.807, 2.05) is 6.07 Å². The average molecular weight is 1020 g/mol. The lowest BCUT2D eigenvalue weighted by Gasteiger charge is -2.43. The zero-order chi connectivity index (χ0) is 51.4. The minimum Gasteiger partial charge on any atom is -0.462 e. The molecule has 6 atom stereocenters. The van der Waals surface area contributed by atoms with E-state index in [0.717, 1.165) is 109 Å². The molecular weight excluding hydrogens is 935 g/mol. The van der Waals surface area contributed by atoms with Gasteiger partial charge in [-0.1, -0.05) is 195 Å². The Labute approximate surface area is 429 Å². The van der Waals surface area contributed by atoms with Crippen LogP contribution in [-0.4, -0.2) is 84.4 Å². The number of aryl methyl sites for hydroxylation is 2. The lowest BCUT2D eigenvalue weighted by Crippen LogP contribution is -2.66. The summed E-state index contributed by atoms with van der Waals surface area (Å²) in [7, 11) is -5.19. The molecule has 1 amide bonds. The summed E-state index contributed by atoms with van der Waals surface area (Å²) < 4.78 is 55.7. The molecule has 0 saturated carbocycles. The smallest absolute Gasteiger partial charge is 0.397 e. The van der Waals surface area contributed by atoms with Crippen LogP contribution in [0.25, 0.3) is 21.5 Å². The van der Waals surface area contributed by atoms with Crippen molar-refractivity contribution in [3.63, 3.8) is 0 Å². The van der Waals surface area contributed by atoms with Crippen LogP contribution in [0.1, 0.15) is 179 Å². The van der Waals surface area contributed by atoms with Gasteiger partial charge in [0.25, 0.3) is 0 Å². The second-order valence-electron chi connectivity index (χ2n) is 19.7. The molecule has 398 valence electrons. The highest BCUT2D eigenvalue weighted by Gasteiger charge is 2.50. The second-order valence-corrected chi connectivity index (χ2v) is 20.8. The van der Waals surface area contributed by atoms with Gasteiger partial charge in [-0.2, -0.15) is 8.42 Å². The van der Waals surface area contributed by atoms with E-state index < -0.39 is 71.6 Å². The Bertz CT molecular complexity index is 2310. The molecule has 1 heterocycles. The normalized spacial score (nSPS) is 18.5. The summed E-state index contributed by atoms with van der Waals surface area (Å²) >= 11 is 0. The van der Waals surface area contributed by atoms with Crippen LogP contribution in [0.4, 0.5) is 0 Å². The Morgan fingerprint density at radius 3 is 1.61 bits per heavy atom. The molecule has 1 aliphatic rings. The first kappa shape index (κ1) is 58.4. The largest absolute Gasteiger partial charge is 0.462 e. The standard InChI is InChI=1S/C58H83NO12S/c1-2-3-4-5-6-7-8-15-20-37-48(68-53(62)40-21-16-11-9-13-18-29-44-33-27-35-46-31-23-25-38-49(44)46)42-52(61)59-55-57(56(71-72(65,66)67)51(43-60)69-58(55)64)70-54(63)41-22-17-12-10-14-19-30-45-34-28-36-47-32-24-26-39-50(45)47/h23-28,31-36,38-39,48,51,55-58,60,64H,2-22,29-30,37,40-43H2,1H3,(H,59,61)(H,65,66,67)/t48-,51+,55+,56+,57+,58?/m0/s1. The molecule has 4 aromatic rings. The number of benzene rings is 4. The molecule has 14 heteroatoms. The highest BCUT2D eigenvalue weighted by atomic mass is 32.3. The van der Waals surface area contributed by atoms with Crippen LogP contribution in [0.2, 0.25) is 0 Å². The van der Waals surface area contributed by atoms with Crippen LogP contribution in [-0.2, 0) is 56.0 Å². The number of esters is 2. The third kappa shape index (κ3) is 21.2. The molecule has 4 aromatic carbocycles. The van der Waals surface area contributed by atoms with E-state index in [2.05, 4.69) is 91.1 Å². The number of ether oxygens (including phenoxy) is 3. The molecule has 1 aliphatic heterocycles. The fourth-order valence-electron chi connectivity index (χ4n) is 10.0. The molecule has 1 fully saturated rings. The van der Waals surface area contributed by atoms with E-state index in [-0.39, 0.29) is 19.3 Å². The molecule has 13 nitrogen and oxygen atoms in total. The number of hydrogen-bond acceptors (Lipinski definition) is 11. The van der Waals surface area contributed by atoms with Gasteiger partial charge >= 0.3 is 22.3 Å². The van der Waals surface area contributed by atoms with Gasteiger partial charge in [0.15, 0.2) is 12.4 Å². The third-order valence-corrected chi connectivity index (χ3v) is 14.4. The van der Waals surface area contributed by atoms with E-state index in [0.29, 0.717) is 19.3 Å². The van der Waals surface area contributed by atoms with Gasteiger partial charge in [-0.3, -0.25) is 18.9 Å². The van der Waals surface area contributed by atoms with Gasteiger partial charge in [0.1, 0.15) is 24.4 Å². The van der Waals surface area contributed by atoms with E-state index in [1.165, 1.54) is 58.4 Å². The number of carbonyl (C=O) groups excluding carboxylic acids is 3. The van der Waals surface area contributed by atoms with Crippen molar-refractivity contribution < 1.29 is 56.0 Å². The first-order valence-corrected chi connectivity index (χ1v) is 28.5. The molecule has 0 aromatic heterocycles. The van der Waals surface area contributed by atoms with Crippen molar-refractivity contribution in [2.45, 2.75) is 217 Å². The second kappa shape index (κ2) is 32.7. The van der Waals surface area contributed by atoms with Crippen molar-refractivity contribution in [3.05, 3.63) is 96.1 Å². The van der Waals surface area contributed by atoms with Gasteiger partial charge in [-0.05, 0) is 84.0 Å². The average Bonchev–Trinajstić information content (AvgIpc) is 3.36. The number of amides is 1. The van der Waals surface area contributed by atoms with Crippen molar-refractivity contribution in [1.82, 2.24) is 5.32 Å². The molecule has 4 N–H and O–H groups in total. The first-order chi connectivity index (χ1) is 35.0. The van der Waals surface area contributed by atoms with Crippen LogP contribution in [0.15, 0.2) is 84.9 Å². The van der Waals surface area contributed by atoms with Gasteiger partial charge in [0.05, 0.1) is 13.0 Å². The van der Waals surface area contributed by atoms with Crippen LogP contribution in [0.5, 0.6) is 0 Å². The van der Waals surface area contributed by atoms with E-state index in [4.69, 9.17) is 18.4 Å². The van der Waals surface area contributed by atoms with Gasteiger partial charge in [0, 0.05) is 12.8 Å². The molecule has 0 aliphatic carbocycles. The summed E-state index contributed by atoms with van der Waals surface area (Å²) in [6.07, 6.45) is 15.3. The van der Waals surface area contributed by atoms with E-state index in [9.17, 15) is 37.6 Å². The topological polar surface area (TPSA) is 195 Å². The Balaban J connectivity index is 1.10. The van der Waals surface area contributed by atoms with E-state index in [1.54, 1.807) is 0 Å². The van der Waals surface area contributed by atoms with Crippen molar-refractivity contribution >= 4 is 49.8 Å². The van der Waals surface area contributed by atoms with Gasteiger partial charge in [-0.25, -0.2) is 4.18 Å². The zero-order valence-corrected chi connectivity index (χ0v) is 43.6. The maximum absolute atomic E-state index is 13.8. The number of fused-ring (bicyclic) bond motifs is 2. The van der Waals surface area contributed by atoms with Gasteiger partial charge in [-0.15, -0.1) is 0 Å². The third-order valence-electron chi connectivity index (χ3n) is 13.9. The van der Waals surface area contributed by atoms with Crippen LogP contribution in [0, 0.1) is 0 Å². The molecule has 72 heavy (non-hydrogen) atoms. The number of rotatable bonds is 36. The number of aliphatic hydroxyl groups is 2. The minimum atomic E-state index is -5.19. The first-order valence-electron chi connectivity index (χ1n) is 27.2. The predicted molar refractivity (Wildman–Crippen MR) is 282 cm³/mol. The Hall–Kier alpha value is -4.44. The van der Waals surface area contributed by atoms with Crippen LogP contribution < -0.4 is 5.32 Å². The van der Waals surface area contributed by atoms with Crippen LogP contribution >= 0.6 is 0 Å². The molecule has 1 saturated heterocycles. The van der Waals surface area contributed by atoms with Crippen molar-refractivity contribution in [2.24, 2.45) is 0 Å². The number of nitrogens with one attached hydrogen (secondary N) is 1. The van der Waals surface area contributed by atoms with Crippen molar-refractivity contribution in [1.29, 1.82) is 0 Å². The molecular formula is C58H83NO12S. The summed E-state index contributed by atoms with van der Waals surface area (Å²) in [6, 6.07) is 28.1. The SMILES string of the molecule is CCCCCCCCCCC[C@@H](CC(=O)N[C@H]1C(O)O[C@H](CO)[C@@H](OS(=O)(=O)O)[C@@H]1OC(=O)CCCCCCCCc1cccc2ccccc12)OC(=O)CCCCCCCCc1cccc2ccccc12.